The van der Waals surface area contributed by atoms with E-state index in [9.17, 15) is 9.59 Å². The number of methoxy groups -OCH3 is 1. The summed E-state index contributed by atoms with van der Waals surface area (Å²) in [5, 5.41) is 0. The molecule has 0 aliphatic carbocycles. The third kappa shape index (κ3) is 6.27. The van der Waals surface area contributed by atoms with E-state index in [1.807, 2.05) is 31.2 Å². The van der Waals surface area contributed by atoms with Crippen LogP contribution in [0.25, 0.3) is 0 Å². The third-order valence-electron chi connectivity index (χ3n) is 4.32. The van der Waals surface area contributed by atoms with E-state index in [1.165, 1.54) is 0 Å². The van der Waals surface area contributed by atoms with E-state index < -0.39 is 11.9 Å². The van der Waals surface area contributed by atoms with Crippen LogP contribution in [-0.4, -0.2) is 31.9 Å². The van der Waals surface area contributed by atoms with E-state index in [4.69, 9.17) is 14.2 Å². The van der Waals surface area contributed by atoms with Crippen LogP contribution in [-0.2, 0) is 4.74 Å². The standard InChI is InChI=1S/C25H23NO5/c1-3-16-30-24(27)19-8-14-23(15-9-19)31-25(28)20-6-10-21(11-7-20)26-17-18-4-12-22(29-2)13-5-18/h4-15,17H,3,16H2,1-2H3. The average Bonchev–Trinajstić information content (AvgIpc) is 2.82. The van der Waals surface area contributed by atoms with Gasteiger partial charge in [-0.2, -0.15) is 0 Å². The normalized spacial score (nSPS) is 10.6. The van der Waals surface area contributed by atoms with Gasteiger partial charge in [0.05, 0.1) is 30.5 Å². The van der Waals surface area contributed by atoms with E-state index in [2.05, 4.69) is 4.99 Å². The van der Waals surface area contributed by atoms with E-state index >= 15 is 0 Å². The van der Waals surface area contributed by atoms with Crippen molar-refractivity contribution in [2.45, 2.75) is 13.3 Å². The Morgan fingerprint density at radius 1 is 0.806 bits per heavy atom. The number of benzene rings is 3. The van der Waals surface area contributed by atoms with E-state index in [0.717, 1.165) is 17.7 Å². The maximum atomic E-state index is 12.4. The van der Waals surface area contributed by atoms with E-state index in [-0.39, 0.29) is 0 Å². The number of rotatable bonds is 8. The van der Waals surface area contributed by atoms with Crippen LogP contribution in [0.1, 0.15) is 39.6 Å². The molecule has 31 heavy (non-hydrogen) atoms. The molecule has 6 nitrogen and oxygen atoms in total. The summed E-state index contributed by atoms with van der Waals surface area (Å²) >= 11 is 0. The summed E-state index contributed by atoms with van der Waals surface area (Å²) in [4.78, 5) is 28.6. The van der Waals surface area contributed by atoms with Crippen LogP contribution in [0, 0.1) is 0 Å². The molecule has 0 fully saturated rings. The number of ether oxygens (including phenoxy) is 3. The zero-order valence-electron chi connectivity index (χ0n) is 17.4. The Morgan fingerprint density at radius 2 is 1.39 bits per heavy atom. The van der Waals surface area contributed by atoms with Crippen molar-refractivity contribution in [2.75, 3.05) is 13.7 Å². The van der Waals surface area contributed by atoms with Gasteiger partial charge in [-0.05, 0) is 84.8 Å². The molecule has 0 unspecified atom stereocenters. The molecule has 0 aliphatic rings. The van der Waals surface area contributed by atoms with Gasteiger partial charge in [-0.1, -0.05) is 6.92 Å². The molecule has 3 aromatic carbocycles. The highest BCUT2D eigenvalue weighted by Crippen LogP contribution is 2.18. The van der Waals surface area contributed by atoms with Gasteiger partial charge in [0.2, 0.25) is 0 Å². The molecule has 3 rings (SSSR count). The van der Waals surface area contributed by atoms with Crippen molar-refractivity contribution in [1.82, 2.24) is 0 Å². The molecule has 0 N–H and O–H groups in total. The Bertz CT molecular complexity index is 1040. The number of esters is 2. The number of carbonyl (C=O) groups is 2. The number of aliphatic imine (C=N–C) groups is 1. The van der Waals surface area contributed by atoms with Crippen molar-refractivity contribution < 1.29 is 23.8 Å². The molecule has 0 bridgehead atoms. The first-order chi connectivity index (χ1) is 15.1. The third-order valence-corrected chi connectivity index (χ3v) is 4.32. The Hall–Kier alpha value is -3.93. The molecule has 0 radical (unpaired) electrons. The summed E-state index contributed by atoms with van der Waals surface area (Å²) in [6.07, 6.45) is 2.49. The molecule has 0 aromatic heterocycles. The first-order valence-electron chi connectivity index (χ1n) is 9.86. The molecule has 0 aliphatic heterocycles. The van der Waals surface area contributed by atoms with Crippen LogP contribution < -0.4 is 9.47 Å². The lowest BCUT2D eigenvalue weighted by Gasteiger charge is -2.06. The molecular weight excluding hydrogens is 394 g/mol. The number of nitrogens with zero attached hydrogens (tertiary/aromatic N) is 1. The van der Waals surface area contributed by atoms with Gasteiger partial charge in [0.1, 0.15) is 11.5 Å². The second kappa shape index (κ2) is 10.7. The van der Waals surface area contributed by atoms with Crippen molar-refractivity contribution in [3.8, 4) is 11.5 Å². The Labute approximate surface area is 181 Å². The number of hydrogen-bond acceptors (Lipinski definition) is 6. The zero-order valence-corrected chi connectivity index (χ0v) is 17.4. The second-order valence-corrected chi connectivity index (χ2v) is 6.63. The summed E-state index contributed by atoms with van der Waals surface area (Å²) in [5.41, 5.74) is 2.45. The summed E-state index contributed by atoms with van der Waals surface area (Å²) in [7, 11) is 1.62. The highest BCUT2D eigenvalue weighted by molar-refractivity contribution is 5.92. The summed E-state index contributed by atoms with van der Waals surface area (Å²) in [6, 6.07) is 20.6. The minimum atomic E-state index is -0.494. The maximum absolute atomic E-state index is 12.4. The van der Waals surface area contributed by atoms with Gasteiger partial charge in [0, 0.05) is 6.21 Å². The molecule has 6 heteroatoms. The van der Waals surface area contributed by atoms with Crippen LogP contribution in [0.4, 0.5) is 5.69 Å². The predicted molar refractivity (Wildman–Crippen MR) is 119 cm³/mol. The summed E-state index contributed by atoms with van der Waals surface area (Å²) < 4.78 is 15.6. The minimum absolute atomic E-state index is 0.346. The fourth-order valence-corrected chi connectivity index (χ4v) is 2.63. The fourth-order valence-electron chi connectivity index (χ4n) is 2.63. The largest absolute Gasteiger partial charge is 0.497 e. The fraction of sp³-hybridized carbons (Fsp3) is 0.160. The molecule has 0 spiro atoms. The molecule has 0 amide bonds. The summed E-state index contributed by atoms with van der Waals surface area (Å²) in [5.74, 6) is 0.238. The lowest BCUT2D eigenvalue weighted by molar-refractivity contribution is 0.0505. The Morgan fingerprint density at radius 3 is 2.00 bits per heavy atom. The number of carbonyl (C=O) groups excluding carboxylic acids is 2. The van der Waals surface area contributed by atoms with Crippen molar-refractivity contribution >= 4 is 23.8 Å². The van der Waals surface area contributed by atoms with Crippen LogP contribution >= 0.6 is 0 Å². The second-order valence-electron chi connectivity index (χ2n) is 6.63. The lowest BCUT2D eigenvalue weighted by Crippen LogP contribution is -2.09. The maximum Gasteiger partial charge on any atom is 0.343 e. The molecule has 0 saturated carbocycles. The zero-order chi connectivity index (χ0) is 22.1. The Kier molecular flexibility index (Phi) is 7.54. The molecule has 0 saturated heterocycles. The molecule has 158 valence electrons. The lowest BCUT2D eigenvalue weighted by atomic mass is 10.2. The SMILES string of the molecule is CCCOC(=O)c1ccc(OC(=O)c2ccc(N=Cc3ccc(OC)cc3)cc2)cc1. The van der Waals surface area contributed by atoms with Crippen molar-refractivity contribution in [2.24, 2.45) is 4.99 Å². The van der Waals surface area contributed by atoms with Crippen LogP contribution in [0.5, 0.6) is 11.5 Å². The van der Waals surface area contributed by atoms with Gasteiger partial charge in [-0.3, -0.25) is 4.99 Å². The Balaban J connectivity index is 1.58. The van der Waals surface area contributed by atoms with Crippen LogP contribution in [0.3, 0.4) is 0 Å². The number of hydrogen-bond donors (Lipinski definition) is 0. The highest BCUT2D eigenvalue weighted by atomic mass is 16.5. The van der Waals surface area contributed by atoms with Gasteiger partial charge in [0.25, 0.3) is 0 Å². The topological polar surface area (TPSA) is 74.2 Å². The molecule has 3 aromatic rings. The quantitative estimate of drug-likeness (QED) is 0.285. The molecule has 0 heterocycles. The first kappa shape index (κ1) is 21.8. The van der Waals surface area contributed by atoms with Gasteiger partial charge < -0.3 is 14.2 Å². The van der Waals surface area contributed by atoms with Gasteiger partial charge in [0.15, 0.2) is 0 Å². The monoisotopic (exact) mass is 417 g/mol. The van der Waals surface area contributed by atoms with Gasteiger partial charge in [-0.25, -0.2) is 9.59 Å². The van der Waals surface area contributed by atoms with Gasteiger partial charge in [-0.15, -0.1) is 0 Å². The van der Waals surface area contributed by atoms with E-state index in [1.54, 1.807) is 61.9 Å². The van der Waals surface area contributed by atoms with Crippen molar-refractivity contribution in [3.63, 3.8) is 0 Å². The minimum Gasteiger partial charge on any atom is -0.497 e. The molecule has 0 atom stereocenters. The van der Waals surface area contributed by atoms with Crippen LogP contribution in [0.2, 0.25) is 0 Å². The highest BCUT2D eigenvalue weighted by Gasteiger charge is 2.10. The predicted octanol–water partition coefficient (Wildman–Crippen LogP) is 5.23. The van der Waals surface area contributed by atoms with Crippen molar-refractivity contribution in [3.05, 3.63) is 89.5 Å². The van der Waals surface area contributed by atoms with E-state index in [0.29, 0.717) is 29.2 Å². The van der Waals surface area contributed by atoms with Gasteiger partial charge >= 0.3 is 11.9 Å². The first-order valence-corrected chi connectivity index (χ1v) is 9.86. The van der Waals surface area contributed by atoms with Crippen molar-refractivity contribution in [1.29, 1.82) is 0 Å². The smallest absolute Gasteiger partial charge is 0.343 e. The van der Waals surface area contributed by atoms with Crippen LogP contribution in [0.15, 0.2) is 77.8 Å². The average molecular weight is 417 g/mol. The molecular formula is C25H23NO5. The summed E-state index contributed by atoms with van der Waals surface area (Å²) in [6.45, 7) is 2.30.